The molecule has 0 spiro atoms. The molecule has 0 aromatic heterocycles. The number of thiocarbonyl (C=S) groups is 1. The number of hydrogen-bond acceptors (Lipinski definition) is 3. The summed E-state index contributed by atoms with van der Waals surface area (Å²) in [6, 6.07) is 12.5. The van der Waals surface area contributed by atoms with Crippen molar-refractivity contribution in [1.29, 1.82) is 0 Å². The summed E-state index contributed by atoms with van der Waals surface area (Å²) in [6.07, 6.45) is 0. The molecule has 27 heavy (non-hydrogen) atoms. The highest BCUT2D eigenvalue weighted by atomic mass is 35.5. The minimum Gasteiger partial charge on any atom is -0.346 e. The molecule has 0 bridgehead atoms. The smallest absolute Gasteiger partial charge is 0.243 e. The molecule has 8 heteroatoms. The molecule has 0 aliphatic carbocycles. The Hall–Kier alpha value is -1.67. The first-order valence-electron chi connectivity index (χ1n) is 8.66. The molecule has 0 amide bonds. The van der Waals surface area contributed by atoms with Crippen molar-refractivity contribution in [3.63, 3.8) is 0 Å². The fraction of sp³-hybridized carbons (Fsp3) is 0.316. The van der Waals surface area contributed by atoms with Gasteiger partial charge in [-0.05, 0) is 55.9 Å². The molecule has 1 saturated heterocycles. The van der Waals surface area contributed by atoms with Crippen molar-refractivity contribution in [2.75, 3.05) is 31.5 Å². The highest BCUT2D eigenvalue weighted by molar-refractivity contribution is 7.89. The molecular formula is C19H22ClN3O2S2. The summed E-state index contributed by atoms with van der Waals surface area (Å²) in [4.78, 5) is 2.31. The number of anilines is 1. The standard InChI is InChI=1S/C19H22ClN3O2S2/c1-14-3-7-17(8-4-14)27(24,25)23-11-9-22(10-12-23)19(26)21-18-13-16(20)6-5-15(18)2/h3-8,13H,9-12H2,1-2H3,(H,21,26). The van der Waals surface area contributed by atoms with Crippen molar-refractivity contribution < 1.29 is 8.42 Å². The van der Waals surface area contributed by atoms with Gasteiger partial charge in [0.15, 0.2) is 5.11 Å². The van der Waals surface area contributed by atoms with Gasteiger partial charge in [0.25, 0.3) is 0 Å². The second-order valence-electron chi connectivity index (χ2n) is 6.59. The minimum atomic E-state index is -3.47. The Morgan fingerprint density at radius 3 is 2.30 bits per heavy atom. The summed E-state index contributed by atoms with van der Waals surface area (Å²) in [7, 11) is -3.47. The zero-order valence-electron chi connectivity index (χ0n) is 15.3. The van der Waals surface area contributed by atoms with E-state index >= 15 is 0 Å². The van der Waals surface area contributed by atoms with Crippen molar-refractivity contribution in [3.05, 3.63) is 58.6 Å². The van der Waals surface area contributed by atoms with Crippen LogP contribution in [0.3, 0.4) is 0 Å². The van der Waals surface area contributed by atoms with Crippen LogP contribution in [-0.2, 0) is 10.0 Å². The molecule has 1 fully saturated rings. The van der Waals surface area contributed by atoms with Crippen LogP contribution in [0.4, 0.5) is 5.69 Å². The van der Waals surface area contributed by atoms with E-state index in [1.54, 1.807) is 12.1 Å². The Kier molecular flexibility index (Phi) is 6.05. The van der Waals surface area contributed by atoms with Crippen LogP contribution in [-0.4, -0.2) is 48.9 Å². The maximum Gasteiger partial charge on any atom is 0.243 e. The molecule has 1 N–H and O–H groups in total. The van der Waals surface area contributed by atoms with E-state index < -0.39 is 10.0 Å². The van der Waals surface area contributed by atoms with E-state index in [0.717, 1.165) is 16.8 Å². The van der Waals surface area contributed by atoms with Gasteiger partial charge in [0.05, 0.1) is 4.90 Å². The van der Waals surface area contributed by atoms with E-state index in [1.807, 2.05) is 49.1 Å². The zero-order valence-corrected chi connectivity index (χ0v) is 17.7. The number of hydrogen-bond donors (Lipinski definition) is 1. The molecule has 0 saturated carbocycles. The lowest BCUT2D eigenvalue weighted by Crippen LogP contribution is -2.51. The summed E-state index contributed by atoms with van der Waals surface area (Å²) in [6.45, 7) is 5.78. The number of nitrogens with one attached hydrogen (secondary N) is 1. The Bertz CT molecular complexity index is 938. The number of piperazine rings is 1. The number of nitrogens with zero attached hydrogens (tertiary/aromatic N) is 2. The van der Waals surface area contributed by atoms with Crippen LogP contribution in [0.25, 0.3) is 0 Å². The fourth-order valence-electron chi connectivity index (χ4n) is 2.91. The molecule has 1 aliphatic heterocycles. The molecule has 3 rings (SSSR count). The van der Waals surface area contributed by atoms with Gasteiger partial charge >= 0.3 is 0 Å². The van der Waals surface area contributed by atoms with E-state index in [9.17, 15) is 8.42 Å². The highest BCUT2D eigenvalue weighted by Crippen LogP contribution is 2.22. The molecule has 0 radical (unpaired) electrons. The summed E-state index contributed by atoms with van der Waals surface area (Å²) >= 11 is 11.6. The first-order valence-corrected chi connectivity index (χ1v) is 10.9. The Morgan fingerprint density at radius 1 is 1.04 bits per heavy atom. The van der Waals surface area contributed by atoms with E-state index in [2.05, 4.69) is 5.32 Å². The highest BCUT2D eigenvalue weighted by Gasteiger charge is 2.29. The maximum atomic E-state index is 12.8. The summed E-state index contributed by atoms with van der Waals surface area (Å²) in [5, 5.41) is 4.43. The second-order valence-corrected chi connectivity index (χ2v) is 9.35. The van der Waals surface area contributed by atoms with Crippen LogP contribution < -0.4 is 5.32 Å². The van der Waals surface area contributed by atoms with Gasteiger partial charge in [-0.1, -0.05) is 35.4 Å². The van der Waals surface area contributed by atoms with Gasteiger partial charge in [-0.15, -0.1) is 0 Å². The molecule has 144 valence electrons. The Morgan fingerprint density at radius 2 is 1.67 bits per heavy atom. The number of aryl methyl sites for hydroxylation is 2. The molecular weight excluding hydrogens is 402 g/mol. The van der Waals surface area contributed by atoms with Crippen LogP contribution in [0, 0.1) is 13.8 Å². The predicted octanol–water partition coefficient (Wildman–Crippen LogP) is 3.66. The monoisotopic (exact) mass is 423 g/mol. The molecule has 1 aliphatic rings. The van der Waals surface area contributed by atoms with E-state index in [0.29, 0.717) is 41.2 Å². The fourth-order valence-corrected chi connectivity index (χ4v) is 4.80. The SMILES string of the molecule is Cc1ccc(S(=O)(=O)N2CCN(C(=S)Nc3cc(Cl)ccc3C)CC2)cc1. The summed E-state index contributed by atoms with van der Waals surface area (Å²) < 4.78 is 27.1. The van der Waals surface area contributed by atoms with Crippen LogP contribution in [0.15, 0.2) is 47.4 Å². The van der Waals surface area contributed by atoms with Crippen LogP contribution >= 0.6 is 23.8 Å². The lowest BCUT2D eigenvalue weighted by atomic mass is 10.2. The normalized spacial score (nSPS) is 15.6. The number of sulfonamides is 1. The third kappa shape index (κ3) is 4.60. The number of benzene rings is 2. The molecule has 1 heterocycles. The van der Waals surface area contributed by atoms with Crippen LogP contribution in [0.1, 0.15) is 11.1 Å². The largest absolute Gasteiger partial charge is 0.346 e. The second kappa shape index (κ2) is 8.14. The molecule has 2 aromatic carbocycles. The topological polar surface area (TPSA) is 52.7 Å². The molecule has 2 aromatic rings. The van der Waals surface area contributed by atoms with Gasteiger partial charge in [0.2, 0.25) is 10.0 Å². The van der Waals surface area contributed by atoms with Gasteiger partial charge in [0.1, 0.15) is 0 Å². The molecule has 5 nitrogen and oxygen atoms in total. The summed E-state index contributed by atoms with van der Waals surface area (Å²) in [5.41, 5.74) is 2.94. The van der Waals surface area contributed by atoms with Gasteiger partial charge in [-0.2, -0.15) is 4.31 Å². The predicted molar refractivity (Wildman–Crippen MR) is 114 cm³/mol. The van der Waals surface area contributed by atoms with Crippen LogP contribution in [0.2, 0.25) is 5.02 Å². The van der Waals surface area contributed by atoms with Gasteiger partial charge in [-0.25, -0.2) is 8.42 Å². The number of halogens is 1. The quantitative estimate of drug-likeness (QED) is 0.763. The first-order chi connectivity index (χ1) is 12.8. The van der Waals surface area contributed by atoms with Gasteiger partial charge in [-0.3, -0.25) is 0 Å². The average molecular weight is 424 g/mol. The van der Waals surface area contributed by atoms with Gasteiger partial charge < -0.3 is 10.2 Å². The van der Waals surface area contributed by atoms with E-state index in [-0.39, 0.29) is 0 Å². The van der Waals surface area contributed by atoms with Crippen molar-refractivity contribution in [2.45, 2.75) is 18.7 Å². The third-order valence-corrected chi connectivity index (χ3v) is 7.13. The lowest BCUT2D eigenvalue weighted by molar-refractivity contribution is 0.268. The first kappa shape index (κ1) is 20.1. The summed E-state index contributed by atoms with van der Waals surface area (Å²) in [5.74, 6) is 0. The van der Waals surface area contributed by atoms with Gasteiger partial charge in [0, 0.05) is 36.9 Å². The lowest BCUT2D eigenvalue weighted by Gasteiger charge is -2.35. The van der Waals surface area contributed by atoms with Crippen molar-refractivity contribution >= 4 is 44.6 Å². The van der Waals surface area contributed by atoms with Crippen LogP contribution in [0.5, 0.6) is 0 Å². The van der Waals surface area contributed by atoms with E-state index in [1.165, 1.54) is 4.31 Å². The zero-order chi connectivity index (χ0) is 19.6. The Labute approximate surface area is 171 Å². The molecule has 0 atom stereocenters. The Balaban J connectivity index is 1.63. The maximum absolute atomic E-state index is 12.8. The minimum absolute atomic E-state index is 0.330. The number of rotatable bonds is 3. The molecule has 0 unspecified atom stereocenters. The van der Waals surface area contributed by atoms with Crippen molar-refractivity contribution in [3.8, 4) is 0 Å². The average Bonchev–Trinajstić information content (AvgIpc) is 2.65. The van der Waals surface area contributed by atoms with E-state index in [4.69, 9.17) is 23.8 Å². The third-order valence-electron chi connectivity index (χ3n) is 4.63. The van der Waals surface area contributed by atoms with Crippen molar-refractivity contribution in [1.82, 2.24) is 9.21 Å². The van der Waals surface area contributed by atoms with Crippen molar-refractivity contribution in [2.24, 2.45) is 0 Å².